The Bertz CT molecular complexity index is 1500. The van der Waals surface area contributed by atoms with Crippen molar-refractivity contribution in [1.29, 1.82) is 0 Å². The second kappa shape index (κ2) is 10.1. The first-order chi connectivity index (χ1) is 17.7. The van der Waals surface area contributed by atoms with Crippen molar-refractivity contribution in [2.45, 2.75) is 25.8 Å². The van der Waals surface area contributed by atoms with Crippen LogP contribution < -0.4 is 5.32 Å². The largest absolute Gasteiger partial charge is 0.367 e. The van der Waals surface area contributed by atoms with E-state index in [-0.39, 0.29) is 6.04 Å². The Labute approximate surface area is 217 Å². The zero-order valence-electron chi connectivity index (χ0n) is 21.5. The summed E-state index contributed by atoms with van der Waals surface area (Å²) in [6.45, 7) is 3.22. The van der Waals surface area contributed by atoms with Crippen molar-refractivity contribution in [3.8, 4) is 33.6 Å². The van der Waals surface area contributed by atoms with Gasteiger partial charge in [-0.1, -0.05) is 18.2 Å². The molecular formula is C26H32N8O2S. The summed E-state index contributed by atoms with van der Waals surface area (Å²) in [5.41, 5.74) is 4.80. The molecule has 0 amide bonds. The maximum Gasteiger partial charge on any atom is 0.211 e. The summed E-state index contributed by atoms with van der Waals surface area (Å²) in [6, 6.07) is 8.23. The van der Waals surface area contributed by atoms with Gasteiger partial charge in [-0.05, 0) is 37.3 Å². The van der Waals surface area contributed by atoms with Crippen LogP contribution in [0.2, 0.25) is 0 Å². The molecule has 1 N–H and O–H groups in total. The highest BCUT2D eigenvalue weighted by atomic mass is 32.2. The number of piperidine rings is 1. The van der Waals surface area contributed by atoms with Crippen molar-refractivity contribution in [2.75, 3.05) is 24.7 Å². The molecule has 1 atom stereocenters. The van der Waals surface area contributed by atoms with E-state index in [1.54, 1.807) is 13.7 Å². The van der Waals surface area contributed by atoms with Gasteiger partial charge >= 0.3 is 0 Å². The summed E-state index contributed by atoms with van der Waals surface area (Å²) in [5, 5.41) is 12.2. The topological polar surface area (TPSA) is 111 Å². The standard InChI is InChI=1S/C26H32N8O2S/c1-18(19-8-10-34(11-9-19)37(4,35)36)30-26-24(23-14-29-33(3)17-23)15-27-25(31-26)21-7-5-6-20(12-21)22-13-28-32(2)16-22/h5-7,12-19H,8-11H2,1-4H3,(H,27,30,31). The average molecular weight is 521 g/mol. The molecule has 1 unspecified atom stereocenters. The maximum absolute atomic E-state index is 11.9. The summed E-state index contributed by atoms with van der Waals surface area (Å²) in [6.07, 6.45) is 12.3. The zero-order chi connectivity index (χ0) is 26.2. The van der Waals surface area contributed by atoms with Gasteiger partial charge in [0.2, 0.25) is 10.0 Å². The molecule has 0 radical (unpaired) electrons. The van der Waals surface area contributed by atoms with Crippen LogP contribution in [0, 0.1) is 5.92 Å². The van der Waals surface area contributed by atoms with Crippen molar-refractivity contribution in [2.24, 2.45) is 20.0 Å². The summed E-state index contributed by atoms with van der Waals surface area (Å²) in [5.74, 6) is 1.69. The van der Waals surface area contributed by atoms with Crippen LogP contribution in [0.3, 0.4) is 0 Å². The molecule has 5 rings (SSSR count). The predicted molar refractivity (Wildman–Crippen MR) is 144 cm³/mol. The number of aryl methyl sites for hydroxylation is 2. The van der Waals surface area contributed by atoms with Crippen molar-refractivity contribution in [1.82, 2.24) is 33.8 Å². The van der Waals surface area contributed by atoms with Crippen molar-refractivity contribution < 1.29 is 8.42 Å². The van der Waals surface area contributed by atoms with E-state index in [4.69, 9.17) is 9.97 Å². The molecule has 194 valence electrons. The smallest absolute Gasteiger partial charge is 0.211 e. The number of benzene rings is 1. The van der Waals surface area contributed by atoms with Gasteiger partial charge in [0.25, 0.3) is 0 Å². The quantitative estimate of drug-likeness (QED) is 0.397. The second-order valence-corrected chi connectivity index (χ2v) is 11.8. The predicted octanol–water partition coefficient (Wildman–Crippen LogP) is 3.42. The molecule has 1 aliphatic heterocycles. The molecule has 0 bridgehead atoms. The number of nitrogens with one attached hydrogen (secondary N) is 1. The van der Waals surface area contributed by atoms with Gasteiger partial charge < -0.3 is 5.32 Å². The molecule has 11 heteroatoms. The van der Waals surface area contributed by atoms with Gasteiger partial charge in [-0.2, -0.15) is 10.2 Å². The lowest BCUT2D eigenvalue weighted by molar-refractivity contribution is 0.258. The highest BCUT2D eigenvalue weighted by Crippen LogP contribution is 2.32. The van der Waals surface area contributed by atoms with Gasteiger partial charge in [0.15, 0.2) is 5.82 Å². The van der Waals surface area contributed by atoms with Gasteiger partial charge in [-0.15, -0.1) is 0 Å². The lowest BCUT2D eigenvalue weighted by Gasteiger charge is -2.34. The van der Waals surface area contributed by atoms with E-state index in [0.717, 1.165) is 46.5 Å². The Morgan fingerprint density at radius 1 is 0.946 bits per heavy atom. The van der Waals surface area contributed by atoms with Crippen LogP contribution >= 0.6 is 0 Å². The molecule has 0 spiro atoms. The number of sulfonamides is 1. The summed E-state index contributed by atoms with van der Waals surface area (Å²) < 4.78 is 29.0. The van der Waals surface area contributed by atoms with E-state index in [1.165, 1.54) is 6.26 Å². The fourth-order valence-corrected chi connectivity index (χ4v) is 5.73. The molecule has 0 aliphatic carbocycles. The Kier molecular flexibility index (Phi) is 6.82. The molecule has 1 aliphatic rings. The molecule has 0 saturated carbocycles. The first-order valence-corrected chi connectivity index (χ1v) is 14.2. The summed E-state index contributed by atoms with van der Waals surface area (Å²) in [4.78, 5) is 9.68. The molecular weight excluding hydrogens is 488 g/mol. The minimum Gasteiger partial charge on any atom is -0.367 e. The van der Waals surface area contributed by atoms with Gasteiger partial charge in [0.1, 0.15) is 5.82 Å². The molecule has 1 saturated heterocycles. The fraction of sp³-hybridized carbons (Fsp3) is 0.385. The molecule has 3 aromatic heterocycles. The SMILES string of the molecule is CC(Nc1nc(-c2cccc(-c3cnn(C)c3)c2)ncc1-c1cnn(C)c1)C1CCN(S(C)(=O)=O)CC1. The van der Waals surface area contributed by atoms with Crippen molar-refractivity contribution >= 4 is 15.8 Å². The zero-order valence-corrected chi connectivity index (χ0v) is 22.4. The van der Waals surface area contributed by atoms with Crippen LogP contribution in [0.4, 0.5) is 5.82 Å². The first kappa shape index (κ1) is 25.1. The first-order valence-electron chi connectivity index (χ1n) is 12.3. The second-order valence-electron chi connectivity index (χ2n) is 9.77. The van der Waals surface area contributed by atoms with E-state index < -0.39 is 10.0 Å². The minimum atomic E-state index is -3.16. The van der Waals surface area contributed by atoms with Crippen LogP contribution in [0.5, 0.6) is 0 Å². The van der Waals surface area contributed by atoms with Gasteiger partial charge in [0.05, 0.1) is 18.6 Å². The molecule has 1 aromatic carbocycles. The number of aromatic nitrogens is 6. The van der Waals surface area contributed by atoms with Crippen LogP contribution in [0.1, 0.15) is 19.8 Å². The van der Waals surface area contributed by atoms with Gasteiger partial charge in [-0.3, -0.25) is 9.36 Å². The van der Waals surface area contributed by atoms with E-state index in [2.05, 4.69) is 34.6 Å². The van der Waals surface area contributed by atoms with Crippen molar-refractivity contribution in [3.05, 3.63) is 55.2 Å². The molecule has 10 nitrogen and oxygen atoms in total. The van der Waals surface area contributed by atoms with Gasteiger partial charge in [-0.25, -0.2) is 22.7 Å². The van der Waals surface area contributed by atoms with E-state index in [9.17, 15) is 8.42 Å². The molecule has 1 fully saturated rings. The van der Waals surface area contributed by atoms with Crippen molar-refractivity contribution in [3.63, 3.8) is 0 Å². The lowest BCUT2D eigenvalue weighted by atomic mass is 9.91. The molecule has 4 aromatic rings. The minimum absolute atomic E-state index is 0.0987. The lowest BCUT2D eigenvalue weighted by Crippen LogP contribution is -2.41. The maximum atomic E-state index is 11.9. The molecule has 4 heterocycles. The fourth-order valence-electron chi connectivity index (χ4n) is 4.85. The Morgan fingerprint density at radius 2 is 1.59 bits per heavy atom. The monoisotopic (exact) mass is 520 g/mol. The third-order valence-corrected chi connectivity index (χ3v) is 8.31. The summed E-state index contributed by atoms with van der Waals surface area (Å²) in [7, 11) is 0.628. The average Bonchev–Trinajstić information content (AvgIpc) is 3.52. The van der Waals surface area contributed by atoms with Crippen LogP contribution in [0.25, 0.3) is 33.6 Å². The van der Waals surface area contributed by atoms with E-state index in [0.29, 0.717) is 24.8 Å². The van der Waals surface area contributed by atoms with E-state index in [1.807, 2.05) is 57.2 Å². The highest BCUT2D eigenvalue weighted by molar-refractivity contribution is 7.88. The van der Waals surface area contributed by atoms with E-state index >= 15 is 0 Å². The van der Waals surface area contributed by atoms with Gasteiger partial charge in [0, 0.05) is 74.1 Å². The number of hydrogen-bond acceptors (Lipinski definition) is 7. The molecule has 37 heavy (non-hydrogen) atoms. The number of anilines is 1. The third kappa shape index (κ3) is 5.57. The van der Waals surface area contributed by atoms with Crippen LogP contribution in [-0.2, 0) is 24.1 Å². The number of rotatable bonds is 7. The highest BCUT2D eigenvalue weighted by Gasteiger charge is 2.28. The Morgan fingerprint density at radius 3 is 2.22 bits per heavy atom. The Hall–Kier alpha value is -3.57. The Balaban J connectivity index is 1.44. The third-order valence-electron chi connectivity index (χ3n) is 7.00. The van der Waals surface area contributed by atoms with Crippen LogP contribution in [-0.4, -0.2) is 67.6 Å². The van der Waals surface area contributed by atoms with Crippen LogP contribution in [0.15, 0.2) is 55.2 Å². The normalized spacial score (nSPS) is 16.1. The number of nitrogens with zero attached hydrogens (tertiary/aromatic N) is 7. The number of hydrogen-bond donors (Lipinski definition) is 1. The summed E-state index contributed by atoms with van der Waals surface area (Å²) >= 11 is 0.